The minimum absolute atomic E-state index is 0.0728. The third kappa shape index (κ3) is 3.75. The van der Waals surface area contributed by atoms with E-state index in [-0.39, 0.29) is 18.2 Å². The predicted octanol–water partition coefficient (Wildman–Crippen LogP) is 4.14. The lowest BCUT2D eigenvalue weighted by Crippen LogP contribution is -2.32. The molecule has 3 aromatic carbocycles. The van der Waals surface area contributed by atoms with Gasteiger partial charge in [0.2, 0.25) is 11.9 Å². The number of carbonyl (C=O) groups excluding carboxylic acids is 2. The number of imidazole rings is 1. The lowest BCUT2D eigenvalue weighted by atomic mass is 10.1. The first-order valence-corrected chi connectivity index (χ1v) is 10.7. The highest BCUT2D eigenvalue weighted by atomic mass is 16.2. The Hall–Kier alpha value is -3.93. The van der Waals surface area contributed by atoms with Crippen LogP contribution in [0.25, 0.3) is 11.0 Å². The Kier molecular flexibility index (Phi) is 5.19. The number of fused-ring (bicyclic) bond motifs is 3. The normalized spacial score (nSPS) is 15.2. The number of aryl methyl sites for hydroxylation is 1. The van der Waals surface area contributed by atoms with Crippen molar-refractivity contribution in [3.05, 3.63) is 95.6 Å². The van der Waals surface area contributed by atoms with Crippen molar-refractivity contribution in [3.63, 3.8) is 0 Å². The molecule has 1 aromatic heterocycles. The van der Waals surface area contributed by atoms with E-state index in [1.807, 2.05) is 84.3 Å². The highest BCUT2D eigenvalue weighted by Gasteiger charge is 2.40. The molecule has 1 aliphatic rings. The smallest absolute Gasteiger partial charge is 0.253 e. The van der Waals surface area contributed by atoms with Gasteiger partial charge in [0.15, 0.2) is 0 Å². The standard InChI is InChI=1S/C26H24N4O2/c1-18-8-7-11-20(14-18)17-29-25(32)23(15-24(31)27-16-19-9-3-2-4-10-19)30-22-13-6-5-12-21(22)28-26(29)30/h2-14,23H,15-17H2,1H3,(H,27,31)/t23-/m0/s1. The number of para-hydroxylation sites is 2. The molecule has 0 aliphatic carbocycles. The molecule has 0 saturated carbocycles. The first-order chi connectivity index (χ1) is 15.6. The molecule has 6 nitrogen and oxygen atoms in total. The second kappa shape index (κ2) is 8.30. The molecule has 0 fully saturated rings. The number of carbonyl (C=O) groups is 2. The number of rotatable bonds is 6. The molecule has 0 spiro atoms. The molecule has 1 aliphatic heterocycles. The molecular weight excluding hydrogens is 400 g/mol. The summed E-state index contributed by atoms with van der Waals surface area (Å²) < 4.78 is 1.91. The molecule has 4 aromatic rings. The largest absolute Gasteiger partial charge is 0.352 e. The van der Waals surface area contributed by atoms with Crippen molar-refractivity contribution in [1.29, 1.82) is 0 Å². The van der Waals surface area contributed by atoms with E-state index < -0.39 is 6.04 Å². The van der Waals surface area contributed by atoms with E-state index in [0.717, 1.165) is 27.7 Å². The van der Waals surface area contributed by atoms with E-state index in [1.54, 1.807) is 4.90 Å². The van der Waals surface area contributed by atoms with E-state index in [2.05, 4.69) is 11.4 Å². The first-order valence-electron chi connectivity index (χ1n) is 10.7. The van der Waals surface area contributed by atoms with Gasteiger partial charge in [0.1, 0.15) is 6.04 Å². The fourth-order valence-corrected chi connectivity index (χ4v) is 4.28. The van der Waals surface area contributed by atoms with Gasteiger partial charge < -0.3 is 5.32 Å². The summed E-state index contributed by atoms with van der Waals surface area (Å²) in [5.41, 5.74) is 4.88. The van der Waals surface area contributed by atoms with E-state index >= 15 is 0 Å². The van der Waals surface area contributed by atoms with E-state index in [0.29, 0.717) is 19.0 Å². The van der Waals surface area contributed by atoms with Crippen LogP contribution < -0.4 is 10.2 Å². The highest BCUT2D eigenvalue weighted by Crippen LogP contribution is 2.37. The Morgan fingerprint density at radius 1 is 0.969 bits per heavy atom. The van der Waals surface area contributed by atoms with Crippen LogP contribution in [0, 0.1) is 6.92 Å². The monoisotopic (exact) mass is 424 g/mol. The fraction of sp³-hybridized carbons (Fsp3) is 0.192. The molecular formula is C26H24N4O2. The van der Waals surface area contributed by atoms with Gasteiger partial charge in [0.25, 0.3) is 5.91 Å². The van der Waals surface area contributed by atoms with Crippen molar-refractivity contribution in [2.75, 3.05) is 4.90 Å². The molecule has 6 heteroatoms. The summed E-state index contributed by atoms with van der Waals surface area (Å²) in [7, 11) is 0. The van der Waals surface area contributed by atoms with Crippen molar-refractivity contribution in [2.24, 2.45) is 0 Å². The Balaban J connectivity index is 1.42. The third-order valence-electron chi connectivity index (χ3n) is 5.82. The lowest BCUT2D eigenvalue weighted by molar-refractivity contribution is -0.127. The quantitative estimate of drug-likeness (QED) is 0.506. The minimum Gasteiger partial charge on any atom is -0.352 e. The van der Waals surface area contributed by atoms with Crippen molar-refractivity contribution < 1.29 is 9.59 Å². The molecule has 0 radical (unpaired) electrons. The van der Waals surface area contributed by atoms with Crippen LogP contribution in [0.1, 0.15) is 29.2 Å². The number of amides is 2. The summed E-state index contributed by atoms with van der Waals surface area (Å²) in [6.45, 7) is 2.89. The van der Waals surface area contributed by atoms with Crippen molar-refractivity contribution in [1.82, 2.24) is 14.9 Å². The number of anilines is 1. The van der Waals surface area contributed by atoms with Gasteiger partial charge in [-0.1, -0.05) is 72.3 Å². The van der Waals surface area contributed by atoms with Gasteiger partial charge in [-0.15, -0.1) is 0 Å². The van der Waals surface area contributed by atoms with Gasteiger partial charge in [0.05, 0.1) is 24.0 Å². The summed E-state index contributed by atoms with van der Waals surface area (Å²) in [5, 5.41) is 2.95. The number of hydrogen-bond donors (Lipinski definition) is 1. The SMILES string of the molecule is Cc1cccc(CN2C(=O)[C@H](CC(=O)NCc3ccccc3)n3c2nc2ccccc23)c1. The summed E-state index contributed by atoms with van der Waals surface area (Å²) in [6, 6.07) is 25.0. The fourth-order valence-electron chi connectivity index (χ4n) is 4.28. The van der Waals surface area contributed by atoms with Crippen LogP contribution in [0.5, 0.6) is 0 Å². The van der Waals surface area contributed by atoms with Gasteiger partial charge >= 0.3 is 0 Å². The maximum absolute atomic E-state index is 13.5. The van der Waals surface area contributed by atoms with Crippen LogP contribution in [0.3, 0.4) is 0 Å². The van der Waals surface area contributed by atoms with Crippen molar-refractivity contribution >= 4 is 28.8 Å². The van der Waals surface area contributed by atoms with E-state index in [4.69, 9.17) is 4.98 Å². The predicted molar refractivity (Wildman–Crippen MR) is 124 cm³/mol. The van der Waals surface area contributed by atoms with Crippen LogP contribution in [0.15, 0.2) is 78.9 Å². The van der Waals surface area contributed by atoms with Crippen LogP contribution in [-0.2, 0) is 22.7 Å². The summed E-state index contributed by atoms with van der Waals surface area (Å²) >= 11 is 0. The zero-order chi connectivity index (χ0) is 22.1. The maximum Gasteiger partial charge on any atom is 0.253 e. The third-order valence-corrected chi connectivity index (χ3v) is 5.82. The van der Waals surface area contributed by atoms with Gasteiger partial charge in [0, 0.05) is 6.54 Å². The molecule has 2 amide bonds. The van der Waals surface area contributed by atoms with Crippen molar-refractivity contribution in [3.8, 4) is 0 Å². The first kappa shape index (κ1) is 20.0. The van der Waals surface area contributed by atoms with Crippen LogP contribution >= 0.6 is 0 Å². The Bertz CT molecular complexity index is 1300. The molecule has 1 atom stereocenters. The molecule has 1 N–H and O–H groups in total. The number of aromatic nitrogens is 2. The second-order valence-electron chi connectivity index (χ2n) is 8.17. The van der Waals surface area contributed by atoms with Crippen LogP contribution in [-0.4, -0.2) is 21.4 Å². The summed E-state index contributed by atoms with van der Waals surface area (Å²) in [4.78, 5) is 32.7. The van der Waals surface area contributed by atoms with Gasteiger partial charge in [-0.2, -0.15) is 0 Å². The molecule has 5 rings (SSSR count). The molecule has 160 valence electrons. The Labute approximate surface area is 186 Å². The molecule has 2 heterocycles. The summed E-state index contributed by atoms with van der Waals surface area (Å²) in [6.07, 6.45) is 0.0728. The average molecular weight is 425 g/mol. The number of benzene rings is 3. The van der Waals surface area contributed by atoms with Gasteiger partial charge in [-0.05, 0) is 30.2 Å². The molecule has 0 saturated heterocycles. The Morgan fingerprint density at radius 3 is 2.53 bits per heavy atom. The van der Waals surface area contributed by atoms with Crippen molar-refractivity contribution in [2.45, 2.75) is 32.5 Å². The van der Waals surface area contributed by atoms with Crippen LogP contribution in [0.4, 0.5) is 5.95 Å². The maximum atomic E-state index is 13.5. The number of nitrogens with zero attached hydrogens (tertiary/aromatic N) is 3. The molecule has 32 heavy (non-hydrogen) atoms. The Morgan fingerprint density at radius 2 is 1.72 bits per heavy atom. The van der Waals surface area contributed by atoms with E-state index in [1.165, 1.54) is 0 Å². The average Bonchev–Trinajstić information content (AvgIpc) is 3.29. The molecule has 0 bridgehead atoms. The minimum atomic E-state index is -0.613. The zero-order valence-electron chi connectivity index (χ0n) is 17.9. The van der Waals surface area contributed by atoms with Gasteiger partial charge in [-0.25, -0.2) is 4.98 Å². The topological polar surface area (TPSA) is 67.2 Å². The highest BCUT2D eigenvalue weighted by molar-refractivity contribution is 6.03. The summed E-state index contributed by atoms with van der Waals surface area (Å²) in [5.74, 6) is 0.335. The zero-order valence-corrected chi connectivity index (χ0v) is 17.9. The number of hydrogen-bond acceptors (Lipinski definition) is 3. The van der Waals surface area contributed by atoms with E-state index in [9.17, 15) is 9.59 Å². The second-order valence-corrected chi connectivity index (χ2v) is 8.17. The molecule has 0 unspecified atom stereocenters. The lowest BCUT2D eigenvalue weighted by Gasteiger charge is -2.16. The van der Waals surface area contributed by atoms with Gasteiger partial charge in [-0.3, -0.25) is 19.1 Å². The van der Waals surface area contributed by atoms with Crippen LogP contribution in [0.2, 0.25) is 0 Å². The number of nitrogens with one attached hydrogen (secondary N) is 1.